The summed E-state index contributed by atoms with van der Waals surface area (Å²) in [6, 6.07) is 7.32. The molecule has 6 heteroatoms. The Labute approximate surface area is 142 Å². The topological polar surface area (TPSA) is 34.9 Å². The van der Waals surface area contributed by atoms with Crippen molar-refractivity contribution in [2.45, 2.75) is 26.3 Å². The van der Waals surface area contributed by atoms with Gasteiger partial charge in [-0.25, -0.2) is 9.37 Å². The predicted octanol–water partition coefficient (Wildman–Crippen LogP) is 4.87. The van der Waals surface area contributed by atoms with Crippen molar-refractivity contribution in [2.75, 3.05) is 6.67 Å². The second-order valence-electron chi connectivity index (χ2n) is 5.61. The highest BCUT2D eigenvalue weighted by Gasteiger charge is 2.18. The Bertz CT molecular complexity index is 899. The summed E-state index contributed by atoms with van der Waals surface area (Å²) in [7, 11) is 0. The summed E-state index contributed by atoms with van der Waals surface area (Å²) in [6.45, 7) is 3.35. The standard InChI is InChI=1S/C17H16ClFN2OS/c1-10(2)15-20-16-14(17(22)21(15)8-7-19)13(9-23-16)11-3-5-12(18)6-4-11/h3-6,9-10H,7-8H2,1-2H3. The first kappa shape index (κ1) is 16.1. The van der Waals surface area contributed by atoms with E-state index < -0.39 is 6.67 Å². The van der Waals surface area contributed by atoms with Gasteiger partial charge >= 0.3 is 0 Å². The maximum absolute atomic E-state index is 12.9. The monoisotopic (exact) mass is 350 g/mol. The van der Waals surface area contributed by atoms with Gasteiger partial charge < -0.3 is 0 Å². The molecule has 0 bridgehead atoms. The molecule has 0 unspecified atom stereocenters. The molecule has 0 saturated carbocycles. The minimum Gasteiger partial charge on any atom is -0.293 e. The van der Waals surface area contributed by atoms with Gasteiger partial charge in [0.2, 0.25) is 0 Å². The Kier molecular flexibility index (Phi) is 4.50. The molecule has 23 heavy (non-hydrogen) atoms. The zero-order valence-electron chi connectivity index (χ0n) is 12.8. The van der Waals surface area contributed by atoms with E-state index in [9.17, 15) is 9.18 Å². The Morgan fingerprint density at radius 3 is 2.61 bits per heavy atom. The van der Waals surface area contributed by atoms with E-state index in [1.807, 2.05) is 31.4 Å². The van der Waals surface area contributed by atoms with Crippen LogP contribution in [0.2, 0.25) is 5.02 Å². The number of nitrogens with zero attached hydrogens (tertiary/aromatic N) is 2. The third-order valence-corrected chi connectivity index (χ3v) is 4.83. The molecule has 0 amide bonds. The van der Waals surface area contributed by atoms with Crippen molar-refractivity contribution in [3.63, 3.8) is 0 Å². The number of thiophene rings is 1. The summed E-state index contributed by atoms with van der Waals surface area (Å²) in [4.78, 5) is 18.2. The lowest BCUT2D eigenvalue weighted by atomic mass is 10.1. The number of hydrogen-bond acceptors (Lipinski definition) is 3. The molecule has 0 fully saturated rings. The van der Waals surface area contributed by atoms with E-state index in [1.165, 1.54) is 15.9 Å². The minimum absolute atomic E-state index is 0.0329. The van der Waals surface area contributed by atoms with Gasteiger partial charge in [-0.3, -0.25) is 9.36 Å². The lowest BCUT2D eigenvalue weighted by Crippen LogP contribution is -2.26. The van der Waals surface area contributed by atoms with Gasteiger partial charge in [-0.05, 0) is 17.7 Å². The molecule has 0 radical (unpaired) electrons. The molecule has 0 spiro atoms. The molecule has 0 aliphatic carbocycles. The molecular formula is C17H16ClFN2OS. The van der Waals surface area contributed by atoms with Gasteiger partial charge in [-0.15, -0.1) is 11.3 Å². The van der Waals surface area contributed by atoms with E-state index in [0.717, 1.165) is 11.1 Å². The highest BCUT2D eigenvalue weighted by molar-refractivity contribution is 7.17. The summed E-state index contributed by atoms with van der Waals surface area (Å²) in [5, 5.41) is 3.12. The Morgan fingerprint density at radius 1 is 1.30 bits per heavy atom. The van der Waals surface area contributed by atoms with Crippen LogP contribution in [0.3, 0.4) is 0 Å². The summed E-state index contributed by atoms with van der Waals surface area (Å²) in [5.41, 5.74) is 1.55. The van der Waals surface area contributed by atoms with E-state index in [2.05, 4.69) is 4.98 Å². The van der Waals surface area contributed by atoms with Crippen molar-refractivity contribution in [3.8, 4) is 11.1 Å². The SMILES string of the molecule is CC(C)c1nc2scc(-c3ccc(Cl)cc3)c2c(=O)n1CCF. The molecule has 2 aromatic heterocycles. The van der Waals surface area contributed by atoms with Crippen LogP contribution in [-0.4, -0.2) is 16.2 Å². The van der Waals surface area contributed by atoms with Gasteiger partial charge in [0.1, 0.15) is 17.3 Å². The normalized spacial score (nSPS) is 11.5. The first-order valence-electron chi connectivity index (χ1n) is 7.36. The number of rotatable bonds is 4. The first-order valence-corrected chi connectivity index (χ1v) is 8.62. The number of aromatic nitrogens is 2. The second-order valence-corrected chi connectivity index (χ2v) is 6.90. The third kappa shape index (κ3) is 2.91. The maximum atomic E-state index is 12.9. The van der Waals surface area contributed by atoms with Crippen LogP contribution in [0.25, 0.3) is 21.3 Å². The Hall–Kier alpha value is -1.72. The largest absolute Gasteiger partial charge is 0.293 e. The van der Waals surface area contributed by atoms with Crippen LogP contribution in [0.1, 0.15) is 25.6 Å². The van der Waals surface area contributed by atoms with Gasteiger partial charge in [0.25, 0.3) is 5.56 Å². The molecule has 0 saturated heterocycles. The van der Waals surface area contributed by atoms with E-state index in [1.54, 1.807) is 12.1 Å². The molecule has 120 valence electrons. The number of alkyl halides is 1. The zero-order valence-corrected chi connectivity index (χ0v) is 14.4. The van der Waals surface area contributed by atoms with Gasteiger partial charge in [0.15, 0.2) is 0 Å². The lowest BCUT2D eigenvalue weighted by molar-refractivity contribution is 0.428. The van der Waals surface area contributed by atoms with E-state index in [0.29, 0.717) is 21.1 Å². The molecule has 3 aromatic rings. The molecule has 0 atom stereocenters. The molecule has 3 nitrogen and oxygen atoms in total. The van der Waals surface area contributed by atoms with Crippen LogP contribution in [-0.2, 0) is 6.54 Å². The van der Waals surface area contributed by atoms with Crippen LogP contribution in [0, 0.1) is 0 Å². The average Bonchev–Trinajstić information content (AvgIpc) is 2.95. The lowest BCUT2D eigenvalue weighted by Gasteiger charge is -2.13. The van der Waals surface area contributed by atoms with Crippen LogP contribution in [0.15, 0.2) is 34.4 Å². The van der Waals surface area contributed by atoms with Gasteiger partial charge in [-0.1, -0.05) is 37.6 Å². The highest BCUT2D eigenvalue weighted by atomic mass is 35.5. The number of hydrogen-bond donors (Lipinski definition) is 0. The van der Waals surface area contributed by atoms with E-state index >= 15 is 0 Å². The molecular weight excluding hydrogens is 335 g/mol. The summed E-state index contributed by atoms with van der Waals surface area (Å²) in [6.07, 6.45) is 0. The maximum Gasteiger partial charge on any atom is 0.262 e. The number of halogens is 2. The summed E-state index contributed by atoms with van der Waals surface area (Å²) < 4.78 is 14.4. The van der Waals surface area contributed by atoms with Crippen molar-refractivity contribution in [2.24, 2.45) is 0 Å². The molecule has 2 heterocycles. The fourth-order valence-electron chi connectivity index (χ4n) is 2.62. The quantitative estimate of drug-likeness (QED) is 0.672. The van der Waals surface area contributed by atoms with Crippen molar-refractivity contribution >= 4 is 33.2 Å². The Morgan fingerprint density at radius 2 is 2.00 bits per heavy atom. The fraction of sp³-hybridized carbons (Fsp3) is 0.294. The molecule has 0 aliphatic heterocycles. The van der Waals surface area contributed by atoms with Gasteiger partial charge in [0.05, 0.1) is 11.9 Å². The Balaban J connectivity index is 2.29. The zero-order chi connectivity index (χ0) is 16.6. The van der Waals surface area contributed by atoms with Crippen molar-refractivity contribution in [1.29, 1.82) is 0 Å². The van der Waals surface area contributed by atoms with E-state index in [4.69, 9.17) is 11.6 Å². The third-order valence-electron chi connectivity index (χ3n) is 3.70. The first-order chi connectivity index (χ1) is 11.0. The minimum atomic E-state index is -0.590. The highest BCUT2D eigenvalue weighted by Crippen LogP contribution is 2.32. The van der Waals surface area contributed by atoms with Crippen LogP contribution in [0.5, 0.6) is 0 Å². The van der Waals surface area contributed by atoms with Crippen LogP contribution < -0.4 is 5.56 Å². The summed E-state index contributed by atoms with van der Waals surface area (Å²) >= 11 is 7.36. The second kappa shape index (κ2) is 6.42. The predicted molar refractivity (Wildman–Crippen MR) is 94.4 cm³/mol. The molecule has 1 aromatic carbocycles. The van der Waals surface area contributed by atoms with Crippen LogP contribution >= 0.6 is 22.9 Å². The summed E-state index contributed by atoms with van der Waals surface area (Å²) in [5.74, 6) is 0.685. The van der Waals surface area contributed by atoms with E-state index in [-0.39, 0.29) is 18.0 Å². The molecule has 0 N–H and O–H groups in total. The molecule has 3 rings (SSSR count). The van der Waals surface area contributed by atoms with Crippen LogP contribution in [0.4, 0.5) is 4.39 Å². The number of benzene rings is 1. The molecule has 0 aliphatic rings. The number of fused-ring (bicyclic) bond motifs is 1. The average molecular weight is 351 g/mol. The van der Waals surface area contributed by atoms with Crippen molar-refractivity contribution in [1.82, 2.24) is 9.55 Å². The van der Waals surface area contributed by atoms with Crippen molar-refractivity contribution < 1.29 is 4.39 Å². The van der Waals surface area contributed by atoms with Gasteiger partial charge in [0, 0.05) is 21.9 Å². The fourth-order valence-corrected chi connectivity index (χ4v) is 3.69. The van der Waals surface area contributed by atoms with Crippen molar-refractivity contribution in [3.05, 3.63) is 50.8 Å². The smallest absolute Gasteiger partial charge is 0.262 e. The van der Waals surface area contributed by atoms with Gasteiger partial charge in [-0.2, -0.15) is 0 Å².